The summed E-state index contributed by atoms with van der Waals surface area (Å²) in [5.74, 6) is -0.376. The molecule has 2 aromatic rings. The lowest BCUT2D eigenvalue weighted by Crippen LogP contribution is -2.34. The van der Waals surface area contributed by atoms with Crippen molar-refractivity contribution in [2.75, 3.05) is 0 Å². The fraction of sp³-hybridized carbons (Fsp3) is 0.278. The first-order chi connectivity index (χ1) is 10.2. The molecule has 3 rings (SSSR count). The van der Waals surface area contributed by atoms with Crippen molar-refractivity contribution in [1.29, 1.82) is 0 Å². The quantitative estimate of drug-likeness (QED) is 0.903. The van der Waals surface area contributed by atoms with Crippen molar-refractivity contribution >= 4 is 5.91 Å². The number of nitrogens with one attached hydrogen (secondary N) is 1. The van der Waals surface area contributed by atoms with Gasteiger partial charge in [-0.15, -0.1) is 0 Å². The molecular formula is C18H20N2O. The molecule has 21 heavy (non-hydrogen) atoms. The first-order valence-electron chi connectivity index (χ1n) is 7.41. The number of amides is 1. The Morgan fingerprint density at radius 3 is 2.52 bits per heavy atom. The molecule has 1 atom stereocenters. The van der Waals surface area contributed by atoms with E-state index >= 15 is 0 Å². The number of aryl methyl sites for hydroxylation is 1. The molecule has 0 aromatic heterocycles. The summed E-state index contributed by atoms with van der Waals surface area (Å²) in [5, 5.41) is 3.61. The molecule has 0 radical (unpaired) electrons. The van der Waals surface area contributed by atoms with E-state index in [4.69, 9.17) is 5.73 Å². The van der Waals surface area contributed by atoms with Gasteiger partial charge in [-0.3, -0.25) is 4.79 Å². The summed E-state index contributed by atoms with van der Waals surface area (Å²) in [6, 6.07) is 16.7. The number of fused-ring (bicyclic) bond motifs is 1. The van der Waals surface area contributed by atoms with Gasteiger partial charge < -0.3 is 11.1 Å². The fourth-order valence-electron chi connectivity index (χ4n) is 2.92. The normalized spacial score (nSPS) is 17.2. The summed E-state index contributed by atoms with van der Waals surface area (Å²) in [7, 11) is 0. The molecule has 1 amide bonds. The zero-order valence-corrected chi connectivity index (χ0v) is 12.0. The van der Waals surface area contributed by atoms with Crippen LogP contribution in [0.2, 0.25) is 0 Å². The maximum Gasteiger partial charge on any atom is 0.248 e. The standard InChI is InChI=1S/C18H20N2O/c19-18(21)15-7-5-13(6-8-15)12-20-17-10-9-14-3-1-2-4-16(14)11-17/h1-8,17,20H,9-12H2,(H2,19,21). The van der Waals surface area contributed by atoms with Crippen LogP contribution in [0, 0.1) is 0 Å². The van der Waals surface area contributed by atoms with Gasteiger partial charge in [-0.05, 0) is 48.1 Å². The molecule has 0 saturated heterocycles. The maximum atomic E-state index is 11.0. The average Bonchev–Trinajstić information content (AvgIpc) is 2.53. The molecule has 0 fully saturated rings. The lowest BCUT2D eigenvalue weighted by molar-refractivity contribution is 0.100. The van der Waals surface area contributed by atoms with Gasteiger partial charge in [-0.25, -0.2) is 0 Å². The zero-order chi connectivity index (χ0) is 14.7. The molecule has 108 valence electrons. The Hall–Kier alpha value is -2.13. The summed E-state index contributed by atoms with van der Waals surface area (Å²) < 4.78 is 0. The van der Waals surface area contributed by atoms with Gasteiger partial charge in [0.05, 0.1) is 0 Å². The SMILES string of the molecule is NC(=O)c1ccc(CNC2CCc3ccccc3C2)cc1. The Morgan fingerprint density at radius 2 is 1.81 bits per heavy atom. The lowest BCUT2D eigenvalue weighted by atomic mass is 9.88. The highest BCUT2D eigenvalue weighted by molar-refractivity contribution is 5.92. The van der Waals surface area contributed by atoms with Crippen LogP contribution >= 0.6 is 0 Å². The molecule has 3 heteroatoms. The van der Waals surface area contributed by atoms with Crippen molar-refractivity contribution in [2.45, 2.75) is 31.8 Å². The number of rotatable bonds is 4. The number of carbonyl (C=O) groups excluding carboxylic acids is 1. The summed E-state index contributed by atoms with van der Waals surface area (Å²) in [6.45, 7) is 0.825. The van der Waals surface area contributed by atoms with Crippen molar-refractivity contribution in [3.63, 3.8) is 0 Å². The van der Waals surface area contributed by atoms with E-state index < -0.39 is 0 Å². The van der Waals surface area contributed by atoms with E-state index in [2.05, 4.69) is 29.6 Å². The van der Waals surface area contributed by atoms with Crippen LogP contribution in [-0.4, -0.2) is 11.9 Å². The van der Waals surface area contributed by atoms with Crippen LogP contribution in [0.4, 0.5) is 0 Å². The third-order valence-electron chi connectivity index (χ3n) is 4.18. The molecule has 3 N–H and O–H groups in total. The van der Waals surface area contributed by atoms with Gasteiger partial charge in [0.2, 0.25) is 5.91 Å². The van der Waals surface area contributed by atoms with E-state index in [0.29, 0.717) is 11.6 Å². The number of hydrogen-bond donors (Lipinski definition) is 2. The number of nitrogens with two attached hydrogens (primary N) is 1. The zero-order valence-electron chi connectivity index (χ0n) is 12.0. The van der Waals surface area contributed by atoms with Crippen molar-refractivity contribution in [1.82, 2.24) is 5.32 Å². The average molecular weight is 280 g/mol. The Morgan fingerprint density at radius 1 is 1.10 bits per heavy atom. The van der Waals surface area contributed by atoms with E-state index in [1.54, 1.807) is 12.1 Å². The van der Waals surface area contributed by atoms with Gasteiger partial charge in [0.15, 0.2) is 0 Å². The van der Waals surface area contributed by atoms with Gasteiger partial charge in [0.25, 0.3) is 0 Å². The Labute approximate surface area is 125 Å². The number of hydrogen-bond acceptors (Lipinski definition) is 2. The van der Waals surface area contributed by atoms with Gasteiger partial charge in [0, 0.05) is 18.2 Å². The molecule has 1 aliphatic rings. The molecule has 1 unspecified atom stereocenters. The van der Waals surface area contributed by atoms with Crippen LogP contribution in [-0.2, 0) is 19.4 Å². The highest BCUT2D eigenvalue weighted by Gasteiger charge is 2.17. The van der Waals surface area contributed by atoms with Crippen molar-refractivity contribution in [3.05, 3.63) is 70.8 Å². The van der Waals surface area contributed by atoms with Crippen LogP contribution in [0.25, 0.3) is 0 Å². The Bertz CT molecular complexity index is 634. The Balaban J connectivity index is 1.57. The lowest BCUT2D eigenvalue weighted by Gasteiger charge is -2.25. The highest BCUT2D eigenvalue weighted by atomic mass is 16.1. The second kappa shape index (κ2) is 6.10. The van der Waals surface area contributed by atoms with Crippen LogP contribution in [0.3, 0.4) is 0 Å². The molecule has 0 aliphatic heterocycles. The van der Waals surface area contributed by atoms with Crippen LogP contribution in [0.1, 0.15) is 33.5 Å². The molecule has 2 aromatic carbocycles. The van der Waals surface area contributed by atoms with E-state index in [9.17, 15) is 4.79 Å². The third-order valence-corrected chi connectivity index (χ3v) is 4.18. The molecule has 0 saturated carbocycles. The highest BCUT2D eigenvalue weighted by Crippen LogP contribution is 2.21. The molecule has 0 bridgehead atoms. The number of benzene rings is 2. The largest absolute Gasteiger partial charge is 0.366 e. The predicted octanol–water partition coefficient (Wildman–Crippen LogP) is 2.43. The summed E-state index contributed by atoms with van der Waals surface area (Å²) >= 11 is 0. The second-order valence-electron chi connectivity index (χ2n) is 5.65. The molecule has 0 spiro atoms. The van der Waals surface area contributed by atoms with E-state index in [1.807, 2.05) is 12.1 Å². The van der Waals surface area contributed by atoms with Crippen LogP contribution < -0.4 is 11.1 Å². The van der Waals surface area contributed by atoms with Crippen molar-refractivity contribution < 1.29 is 4.79 Å². The van der Waals surface area contributed by atoms with Gasteiger partial charge >= 0.3 is 0 Å². The maximum absolute atomic E-state index is 11.0. The van der Waals surface area contributed by atoms with E-state index in [0.717, 1.165) is 19.4 Å². The van der Waals surface area contributed by atoms with Crippen LogP contribution in [0.5, 0.6) is 0 Å². The van der Waals surface area contributed by atoms with Crippen molar-refractivity contribution in [2.24, 2.45) is 5.73 Å². The van der Waals surface area contributed by atoms with Gasteiger partial charge in [-0.2, -0.15) is 0 Å². The molecule has 0 heterocycles. The summed E-state index contributed by atoms with van der Waals surface area (Å²) in [4.78, 5) is 11.0. The molecule has 3 nitrogen and oxygen atoms in total. The second-order valence-corrected chi connectivity index (χ2v) is 5.65. The van der Waals surface area contributed by atoms with E-state index in [1.165, 1.54) is 23.1 Å². The Kier molecular flexibility index (Phi) is 4.02. The van der Waals surface area contributed by atoms with Gasteiger partial charge in [0.1, 0.15) is 0 Å². The molecule has 1 aliphatic carbocycles. The van der Waals surface area contributed by atoms with Crippen molar-refractivity contribution in [3.8, 4) is 0 Å². The third kappa shape index (κ3) is 3.31. The minimum Gasteiger partial charge on any atom is -0.366 e. The number of primary amides is 1. The van der Waals surface area contributed by atoms with Gasteiger partial charge in [-0.1, -0.05) is 36.4 Å². The monoisotopic (exact) mass is 280 g/mol. The summed E-state index contributed by atoms with van der Waals surface area (Å²) in [6.07, 6.45) is 3.42. The van der Waals surface area contributed by atoms with E-state index in [-0.39, 0.29) is 5.91 Å². The first kappa shape index (κ1) is 13.8. The molecular weight excluding hydrogens is 260 g/mol. The fourth-order valence-corrected chi connectivity index (χ4v) is 2.92. The topological polar surface area (TPSA) is 55.1 Å². The minimum atomic E-state index is -0.376. The summed E-state index contributed by atoms with van der Waals surface area (Å²) in [5.41, 5.74) is 9.94. The first-order valence-corrected chi connectivity index (χ1v) is 7.41. The van der Waals surface area contributed by atoms with Crippen LogP contribution in [0.15, 0.2) is 48.5 Å². The number of carbonyl (C=O) groups is 1. The predicted molar refractivity (Wildman–Crippen MR) is 84.1 cm³/mol. The minimum absolute atomic E-state index is 0.376. The smallest absolute Gasteiger partial charge is 0.248 e.